The van der Waals surface area contributed by atoms with E-state index in [0.717, 1.165) is 18.5 Å². The summed E-state index contributed by atoms with van der Waals surface area (Å²) < 4.78 is 13.8. The molecule has 2 aromatic rings. The molecule has 0 bridgehead atoms. The fraction of sp³-hybridized carbons (Fsp3) is 0.474. The Bertz CT molecular complexity index is 718. The van der Waals surface area contributed by atoms with Crippen LogP contribution in [0.1, 0.15) is 43.9 Å². The van der Waals surface area contributed by atoms with Crippen LogP contribution in [0.25, 0.3) is 0 Å². The third-order valence-corrected chi connectivity index (χ3v) is 4.48. The first-order valence-electron chi connectivity index (χ1n) is 8.80. The molecule has 1 aromatic carbocycles. The van der Waals surface area contributed by atoms with Crippen LogP contribution >= 0.6 is 0 Å². The quantitative estimate of drug-likeness (QED) is 0.683. The van der Waals surface area contributed by atoms with Crippen molar-refractivity contribution in [3.05, 3.63) is 47.4 Å². The second-order valence-corrected chi connectivity index (χ2v) is 6.90. The van der Waals surface area contributed by atoms with E-state index in [-0.39, 0.29) is 24.4 Å². The molecule has 5 nitrogen and oxygen atoms in total. The summed E-state index contributed by atoms with van der Waals surface area (Å²) in [6, 6.07) is 8.54. The number of aliphatic hydroxyl groups excluding tert-OH is 1. The van der Waals surface area contributed by atoms with Gasteiger partial charge in [-0.15, -0.1) is 0 Å². The Kier molecular flexibility index (Phi) is 5.48. The van der Waals surface area contributed by atoms with Crippen LogP contribution in [0.5, 0.6) is 0 Å². The lowest BCUT2D eigenvalue weighted by Crippen LogP contribution is -2.30. The van der Waals surface area contributed by atoms with Gasteiger partial charge in [-0.05, 0) is 24.8 Å². The van der Waals surface area contributed by atoms with Crippen molar-refractivity contribution in [2.24, 2.45) is 5.92 Å². The Morgan fingerprint density at radius 3 is 2.64 bits per heavy atom. The molecule has 0 aliphatic heterocycles. The lowest BCUT2D eigenvalue weighted by atomic mass is 10.1. The number of aromatic nitrogens is 2. The summed E-state index contributed by atoms with van der Waals surface area (Å²) in [6.45, 7) is 4.46. The van der Waals surface area contributed by atoms with Gasteiger partial charge in [-0.25, -0.2) is 9.37 Å². The van der Waals surface area contributed by atoms with Crippen molar-refractivity contribution in [2.75, 3.05) is 17.2 Å². The minimum absolute atomic E-state index is 0.0205. The van der Waals surface area contributed by atoms with Crippen molar-refractivity contribution in [2.45, 2.75) is 45.2 Å². The molecule has 0 unspecified atom stereocenters. The fourth-order valence-electron chi connectivity index (χ4n) is 2.63. The van der Waals surface area contributed by atoms with Gasteiger partial charge in [0.05, 0.1) is 18.3 Å². The van der Waals surface area contributed by atoms with E-state index in [1.807, 2.05) is 26.0 Å². The largest absolute Gasteiger partial charge is 0.394 e. The highest BCUT2D eigenvalue weighted by Gasteiger charge is 2.26. The summed E-state index contributed by atoms with van der Waals surface area (Å²) in [5.74, 6) is 1.68. The molecule has 0 saturated heterocycles. The van der Waals surface area contributed by atoms with E-state index in [0.29, 0.717) is 29.8 Å². The van der Waals surface area contributed by atoms with Crippen molar-refractivity contribution < 1.29 is 9.50 Å². The molecule has 3 rings (SSSR count). The standard InChI is InChI=1S/C19H25FN4O/c1-12(2)17(11-25)23-19-22-16(13-7-8-13)9-18(24-19)21-10-14-5-3-4-6-15(14)20/h3-6,9,12-13,17,25H,7-8,10-11H2,1-2H3,(H2,21,22,23,24)/t17-/m0/s1. The average Bonchev–Trinajstić information content (AvgIpc) is 3.43. The van der Waals surface area contributed by atoms with E-state index in [4.69, 9.17) is 0 Å². The van der Waals surface area contributed by atoms with Crippen molar-refractivity contribution in [1.29, 1.82) is 0 Å². The number of aliphatic hydroxyl groups is 1. The minimum Gasteiger partial charge on any atom is -0.394 e. The zero-order chi connectivity index (χ0) is 17.8. The van der Waals surface area contributed by atoms with Gasteiger partial charge in [0.1, 0.15) is 11.6 Å². The molecule has 1 atom stereocenters. The number of hydrogen-bond acceptors (Lipinski definition) is 5. The highest BCUT2D eigenvalue weighted by molar-refractivity contribution is 5.45. The summed E-state index contributed by atoms with van der Waals surface area (Å²) in [5.41, 5.74) is 1.59. The maximum absolute atomic E-state index is 13.8. The van der Waals surface area contributed by atoms with Gasteiger partial charge in [-0.1, -0.05) is 32.0 Å². The number of rotatable bonds is 8. The summed E-state index contributed by atoms with van der Waals surface area (Å²) in [4.78, 5) is 9.08. The Hall–Kier alpha value is -2.21. The first-order valence-corrected chi connectivity index (χ1v) is 8.80. The van der Waals surface area contributed by atoms with Crippen molar-refractivity contribution in [3.8, 4) is 0 Å². The third kappa shape index (κ3) is 4.66. The van der Waals surface area contributed by atoms with Gasteiger partial charge in [-0.3, -0.25) is 0 Å². The predicted molar refractivity (Wildman–Crippen MR) is 97.1 cm³/mol. The van der Waals surface area contributed by atoms with Gasteiger partial charge in [-0.2, -0.15) is 4.98 Å². The molecule has 1 aliphatic carbocycles. The topological polar surface area (TPSA) is 70.1 Å². The van der Waals surface area contributed by atoms with E-state index >= 15 is 0 Å². The number of benzene rings is 1. The van der Waals surface area contributed by atoms with Crippen LogP contribution in [0.2, 0.25) is 0 Å². The Balaban J connectivity index is 1.77. The highest BCUT2D eigenvalue weighted by Crippen LogP contribution is 2.40. The normalized spacial score (nSPS) is 15.2. The third-order valence-electron chi connectivity index (χ3n) is 4.48. The van der Waals surface area contributed by atoms with Crippen LogP contribution < -0.4 is 10.6 Å². The van der Waals surface area contributed by atoms with Gasteiger partial charge in [0.15, 0.2) is 0 Å². The average molecular weight is 344 g/mol. The first kappa shape index (κ1) is 17.6. The smallest absolute Gasteiger partial charge is 0.225 e. The SMILES string of the molecule is CC(C)[C@H](CO)Nc1nc(NCc2ccccc2F)cc(C2CC2)n1. The number of halogens is 1. The number of nitrogens with zero attached hydrogens (tertiary/aromatic N) is 2. The summed E-state index contributed by atoms with van der Waals surface area (Å²) in [7, 11) is 0. The Morgan fingerprint density at radius 1 is 1.24 bits per heavy atom. The van der Waals surface area contributed by atoms with Gasteiger partial charge in [0.2, 0.25) is 5.95 Å². The number of nitrogens with one attached hydrogen (secondary N) is 2. The van der Waals surface area contributed by atoms with Crippen LogP contribution in [0.4, 0.5) is 16.2 Å². The predicted octanol–water partition coefficient (Wildman–Crippen LogP) is 3.53. The minimum atomic E-state index is -0.232. The molecule has 3 N–H and O–H groups in total. The molecule has 134 valence electrons. The van der Waals surface area contributed by atoms with Crippen molar-refractivity contribution in [3.63, 3.8) is 0 Å². The van der Waals surface area contributed by atoms with Gasteiger partial charge in [0, 0.05) is 24.1 Å². The lowest BCUT2D eigenvalue weighted by Gasteiger charge is -2.20. The van der Waals surface area contributed by atoms with Gasteiger partial charge in [0.25, 0.3) is 0 Å². The van der Waals surface area contributed by atoms with Crippen LogP contribution in [-0.4, -0.2) is 27.7 Å². The number of hydrogen-bond donors (Lipinski definition) is 3. The highest BCUT2D eigenvalue weighted by atomic mass is 19.1. The molecule has 25 heavy (non-hydrogen) atoms. The lowest BCUT2D eigenvalue weighted by molar-refractivity contribution is 0.248. The van der Waals surface area contributed by atoms with Gasteiger partial charge >= 0.3 is 0 Å². The van der Waals surface area contributed by atoms with Crippen molar-refractivity contribution in [1.82, 2.24) is 9.97 Å². The van der Waals surface area contributed by atoms with E-state index in [2.05, 4.69) is 20.6 Å². The number of anilines is 2. The molecular weight excluding hydrogens is 319 g/mol. The van der Waals surface area contributed by atoms with Crippen LogP contribution in [0, 0.1) is 11.7 Å². The molecule has 1 fully saturated rings. The van der Waals surface area contributed by atoms with E-state index < -0.39 is 0 Å². The monoisotopic (exact) mass is 344 g/mol. The molecule has 1 aliphatic rings. The zero-order valence-corrected chi connectivity index (χ0v) is 14.7. The maximum Gasteiger partial charge on any atom is 0.225 e. The second-order valence-electron chi connectivity index (χ2n) is 6.90. The summed E-state index contributed by atoms with van der Waals surface area (Å²) in [5, 5.41) is 15.9. The fourth-order valence-corrected chi connectivity index (χ4v) is 2.63. The molecule has 1 aromatic heterocycles. The van der Waals surface area contributed by atoms with E-state index in [9.17, 15) is 9.50 Å². The molecule has 1 heterocycles. The summed E-state index contributed by atoms with van der Waals surface area (Å²) in [6.07, 6.45) is 2.27. The molecule has 0 amide bonds. The Labute approximate surface area is 147 Å². The first-order chi connectivity index (χ1) is 12.1. The van der Waals surface area contributed by atoms with Crippen LogP contribution in [0.15, 0.2) is 30.3 Å². The molecule has 0 radical (unpaired) electrons. The van der Waals surface area contributed by atoms with Crippen LogP contribution in [-0.2, 0) is 6.54 Å². The molecule has 0 spiro atoms. The molecule has 6 heteroatoms. The van der Waals surface area contributed by atoms with Crippen molar-refractivity contribution >= 4 is 11.8 Å². The molecule has 1 saturated carbocycles. The Morgan fingerprint density at radius 2 is 2.00 bits per heavy atom. The molecular formula is C19H25FN4O. The second kappa shape index (κ2) is 7.78. The zero-order valence-electron chi connectivity index (χ0n) is 14.7. The van der Waals surface area contributed by atoms with Gasteiger partial charge < -0.3 is 15.7 Å². The van der Waals surface area contributed by atoms with E-state index in [1.165, 1.54) is 6.07 Å². The van der Waals surface area contributed by atoms with E-state index in [1.54, 1.807) is 12.1 Å². The summed E-state index contributed by atoms with van der Waals surface area (Å²) >= 11 is 0. The van der Waals surface area contributed by atoms with Crippen LogP contribution in [0.3, 0.4) is 0 Å². The maximum atomic E-state index is 13.8.